The number of allylic oxidation sites excluding steroid dienone is 3. The molecular weight excluding hydrogens is 346 g/mol. The van der Waals surface area contributed by atoms with Gasteiger partial charge < -0.3 is 20.3 Å². The van der Waals surface area contributed by atoms with Crippen LogP contribution in [0.25, 0.3) is 0 Å². The van der Waals surface area contributed by atoms with E-state index in [0.717, 1.165) is 12.8 Å². The molecule has 3 N–H and O–H groups in total. The maximum atomic E-state index is 11.6. The highest BCUT2D eigenvalue weighted by Gasteiger charge is 2.13. The molecule has 0 radical (unpaired) electrons. The lowest BCUT2D eigenvalue weighted by molar-refractivity contribution is -0.134. The number of ether oxygens (including phenoxy) is 1. The molecule has 0 heterocycles. The number of aliphatic hydroxyl groups excluding tert-OH is 2. The van der Waals surface area contributed by atoms with E-state index in [9.17, 15) is 9.59 Å². The molecule has 6 nitrogen and oxygen atoms in total. The monoisotopic (exact) mass is 379 g/mol. The Balaban J connectivity index is 0. The fourth-order valence-electron chi connectivity index (χ4n) is 1.63. The minimum atomic E-state index is -1.46. The van der Waals surface area contributed by atoms with Crippen molar-refractivity contribution >= 4 is 17.6 Å². The molecule has 152 valence electrons. The third kappa shape index (κ3) is 14.4. The van der Waals surface area contributed by atoms with Gasteiger partial charge in [0, 0.05) is 12.1 Å². The van der Waals surface area contributed by atoms with Crippen molar-refractivity contribution in [2.45, 2.75) is 53.1 Å². The van der Waals surface area contributed by atoms with Gasteiger partial charge in [-0.05, 0) is 51.0 Å². The van der Waals surface area contributed by atoms with Crippen molar-refractivity contribution in [2.24, 2.45) is 0 Å². The number of unbranched alkanes of at least 4 members (excludes halogenated alkanes) is 1. The van der Waals surface area contributed by atoms with E-state index in [1.165, 1.54) is 0 Å². The number of anilines is 1. The van der Waals surface area contributed by atoms with Crippen LogP contribution in [-0.4, -0.2) is 34.8 Å². The van der Waals surface area contributed by atoms with Crippen LogP contribution in [0, 0.1) is 0 Å². The summed E-state index contributed by atoms with van der Waals surface area (Å²) in [6.45, 7) is 10.5. The SMILES string of the molecule is C/C=C\CCCC(=O)Oc1ccc(NC(=O)C(O)CO)cc1.C=CC.CC. The number of aliphatic hydroxyl groups is 2. The molecule has 0 aromatic heterocycles. The van der Waals surface area contributed by atoms with E-state index in [4.69, 9.17) is 14.9 Å². The molecule has 6 heteroatoms. The van der Waals surface area contributed by atoms with Gasteiger partial charge in [0.25, 0.3) is 5.91 Å². The van der Waals surface area contributed by atoms with Gasteiger partial charge >= 0.3 is 5.97 Å². The summed E-state index contributed by atoms with van der Waals surface area (Å²) in [5.41, 5.74) is 0.436. The summed E-state index contributed by atoms with van der Waals surface area (Å²) < 4.78 is 5.16. The van der Waals surface area contributed by atoms with Crippen molar-refractivity contribution in [1.29, 1.82) is 0 Å². The smallest absolute Gasteiger partial charge is 0.311 e. The van der Waals surface area contributed by atoms with Gasteiger partial charge in [0.05, 0.1) is 6.61 Å². The second kappa shape index (κ2) is 18.4. The first-order chi connectivity index (χ1) is 13.0. The molecule has 0 bridgehead atoms. The Morgan fingerprint density at radius 2 is 1.78 bits per heavy atom. The summed E-state index contributed by atoms with van der Waals surface area (Å²) in [4.78, 5) is 23.0. The Kier molecular flexibility index (Phi) is 18.2. The Labute approximate surface area is 162 Å². The van der Waals surface area contributed by atoms with Crippen LogP contribution < -0.4 is 10.1 Å². The van der Waals surface area contributed by atoms with Crippen LogP contribution in [0.1, 0.15) is 47.0 Å². The summed E-state index contributed by atoms with van der Waals surface area (Å²) in [6.07, 6.45) is 6.12. The van der Waals surface area contributed by atoms with Crippen molar-refractivity contribution < 1.29 is 24.5 Å². The molecule has 1 atom stereocenters. The van der Waals surface area contributed by atoms with Gasteiger partial charge in [-0.1, -0.05) is 32.1 Å². The molecule has 27 heavy (non-hydrogen) atoms. The minimum Gasteiger partial charge on any atom is -0.427 e. The summed E-state index contributed by atoms with van der Waals surface area (Å²) in [5, 5.41) is 20.2. The number of benzene rings is 1. The molecule has 0 saturated carbocycles. The van der Waals surface area contributed by atoms with Gasteiger partial charge in [0.1, 0.15) is 5.75 Å². The Hall–Kier alpha value is -2.44. The molecular formula is C21H33NO5. The predicted molar refractivity (Wildman–Crippen MR) is 110 cm³/mol. The maximum Gasteiger partial charge on any atom is 0.311 e. The standard InChI is InChI=1S/C16H21NO5.C3H6.C2H6/c1-2-3-4-5-6-15(20)22-13-9-7-12(8-10-13)17-16(21)14(19)11-18;1-3-2;1-2/h2-3,7-10,14,18-19H,4-6,11H2,1H3,(H,17,21);3H,1H2,2H3;1-2H3/b3-2-;;. The molecule has 0 spiro atoms. The van der Waals surface area contributed by atoms with Crippen LogP contribution in [0.15, 0.2) is 49.1 Å². The number of carbonyl (C=O) groups is 2. The average molecular weight is 379 g/mol. The van der Waals surface area contributed by atoms with Gasteiger partial charge in [-0.2, -0.15) is 0 Å². The Morgan fingerprint density at radius 1 is 1.22 bits per heavy atom. The molecule has 1 unspecified atom stereocenters. The Bertz CT molecular complexity index is 552. The van der Waals surface area contributed by atoms with Crippen molar-refractivity contribution in [3.8, 4) is 5.75 Å². The molecule has 0 aliphatic rings. The summed E-state index contributed by atoms with van der Waals surface area (Å²) in [7, 11) is 0. The van der Waals surface area contributed by atoms with Crippen LogP contribution in [0.5, 0.6) is 5.75 Å². The van der Waals surface area contributed by atoms with Crippen LogP contribution in [0.2, 0.25) is 0 Å². The number of hydrogen-bond donors (Lipinski definition) is 3. The van der Waals surface area contributed by atoms with E-state index in [-0.39, 0.29) is 5.97 Å². The van der Waals surface area contributed by atoms with Crippen molar-refractivity contribution in [3.63, 3.8) is 0 Å². The van der Waals surface area contributed by atoms with Crippen molar-refractivity contribution in [2.75, 3.05) is 11.9 Å². The predicted octanol–water partition coefficient (Wildman–Crippen LogP) is 3.85. The van der Waals surface area contributed by atoms with Gasteiger partial charge in [-0.3, -0.25) is 9.59 Å². The highest BCUT2D eigenvalue weighted by atomic mass is 16.5. The first-order valence-corrected chi connectivity index (χ1v) is 9.07. The van der Waals surface area contributed by atoms with Gasteiger partial charge in [0.2, 0.25) is 0 Å². The lowest BCUT2D eigenvalue weighted by Crippen LogP contribution is -2.30. The van der Waals surface area contributed by atoms with Crippen molar-refractivity contribution in [3.05, 3.63) is 49.1 Å². The number of hydrogen-bond acceptors (Lipinski definition) is 5. The van der Waals surface area contributed by atoms with Crippen LogP contribution in [0.3, 0.4) is 0 Å². The number of rotatable bonds is 8. The fourth-order valence-corrected chi connectivity index (χ4v) is 1.63. The third-order valence-electron chi connectivity index (χ3n) is 2.82. The zero-order valence-electron chi connectivity index (χ0n) is 16.8. The van der Waals surface area contributed by atoms with Crippen LogP contribution in [0.4, 0.5) is 5.69 Å². The quantitative estimate of drug-likeness (QED) is 0.276. The zero-order chi connectivity index (χ0) is 21.1. The largest absolute Gasteiger partial charge is 0.427 e. The molecule has 0 aliphatic carbocycles. The van der Waals surface area contributed by atoms with Gasteiger partial charge in [-0.25, -0.2) is 0 Å². The lowest BCUT2D eigenvalue weighted by Gasteiger charge is -2.09. The highest BCUT2D eigenvalue weighted by Crippen LogP contribution is 2.16. The topological polar surface area (TPSA) is 95.9 Å². The zero-order valence-corrected chi connectivity index (χ0v) is 16.8. The maximum absolute atomic E-state index is 11.6. The number of amides is 1. The second-order valence-corrected chi connectivity index (χ2v) is 5.06. The van der Waals surface area contributed by atoms with E-state index in [1.807, 2.05) is 39.8 Å². The normalized spacial score (nSPS) is 10.6. The molecule has 1 rings (SSSR count). The van der Waals surface area contributed by atoms with E-state index in [0.29, 0.717) is 17.9 Å². The number of esters is 1. The lowest BCUT2D eigenvalue weighted by atomic mass is 10.2. The van der Waals surface area contributed by atoms with Gasteiger partial charge in [0.15, 0.2) is 6.10 Å². The van der Waals surface area contributed by atoms with Crippen LogP contribution >= 0.6 is 0 Å². The van der Waals surface area contributed by atoms with E-state index >= 15 is 0 Å². The molecule has 0 aliphatic heterocycles. The van der Waals surface area contributed by atoms with E-state index in [1.54, 1.807) is 30.3 Å². The minimum absolute atomic E-state index is 0.308. The summed E-state index contributed by atoms with van der Waals surface area (Å²) in [6, 6.07) is 6.18. The first kappa shape index (κ1) is 26.8. The molecule has 1 amide bonds. The number of nitrogens with one attached hydrogen (secondary N) is 1. The average Bonchev–Trinajstić information content (AvgIpc) is 2.68. The number of carbonyl (C=O) groups excluding carboxylic acids is 2. The van der Waals surface area contributed by atoms with Gasteiger partial charge in [-0.15, -0.1) is 6.58 Å². The second-order valence-electron chi connectivity index (χ2n) is 5.06. The van der Waals surface area contributed by atoms with E-state index in [2.05, 4.69) is 11.9 Å². The van der Waals surface area contributed by atoms with Crippen molar-refractivity contribution in [1.82, 2.24) is 0 Å². The Morgan fingerprint density at radius 3 is 2.26 bits per heavy atom. The van der Waals surface area contributed by atoms with Crippen LogP contribution in [-0.2, 0) is 9.59 Å². The third-order valence-corrected chi connectivity index (χ3v) is 2.82. The molecule has 1 aromatic carbocycles. The summed E-state index contributed by atoms with van der Waals surface area (Å²) >= 11 is 0. The fraction of sp³-hybridized carbons (Fsp3) is 0.429. The molecule has 1 aromatic rings. The molecule has 0 saturated heterocycles. The summed E-state index contributed by atoms with van der Waals surface area (Å²) in [5.74, 6) is -0.620. The first-order valence-electron chi connectivity index (χ1n) is 9.07. The molecule has 0 fully saturated rings. The van der Waals surface area contributed by atoms with E-state index < -0.39 is 18.6 Å². The highest BCUT2D eigenvalue weighted by molar-refractivity contribution is 5.94.